The minimum absolute atomic E-state index is 0.0608. The Kier molecular flexibility index (Phi) is 6.96. The molecule has 0 bridgehead atoms. The average molecular weight is 246 g/mol. The van der Waals surface area contributed by atoms with Gasteiger partial charge in [-0.3, -0.25) is 4.79 Å². The Morgan fingerprint density at radius 2 is 1.93 bits per heavy atom. The van der Waals surface area contributed by atoms with E-state index < -0.39 is 25.2 Å². The second-order valence-electron chi connectivity index (χ2n) is 3.25. The molecule has 0 saturated heterocycles. The summed E-state index contributed by atoms with van der Waals surface area (Å²) < 4.78 is 48.8. The summed E-state index contributed by atoms with van der Waals surface area (Å²) in [5.74, 6) is -2.81. The topological polar surface area (TPSA) is 17.1 Å². The summed E-state index contributed by atoms with van der Waals surface area (Å²) in [5, 5.41) is -0.0608. The third-order valence-corrected chi connectivity index (χ3v) is 2.59. The quantitative estimate of drug-likeness (QED) is 0.503. The maximum atomic E-state index is 12.7. The van der Waals surface area contributed by atoms with E-state index in [0.29, 0.717) is 12.2 Å². The van der Waals surface area contributed by atoms with E-state index >= 15 is 0 Å². The monoisotopic (exact) mass is 246 g/mol. The summed E-state index contributed by atoms with van der Waals surface area (Å²) in [6, 6.07) is 0. The molecule has 0 amide bonds. The van der Waals surface area contributed by atoms with Crippen LogP contribution < -0.4 is 0 Å². The fourth-order valence-corrected chi connectivity index (χ4v) is 1.67. The van der Waals surface area contributed by atoms with Crippen molar-refractivity contribution in [3.05, 3.63) is 0 Å². The van der Waals surface area contributed by atoms with Gasteiger partial charge in [0, 0.05) is 19.1 Å². The lowest BCUT2D eigenvalue weighted by Gasteiger charge is -2.15. The van der Waals surface area contributed by atoms with Crippen molar-refractivity contribution in [2.75, 3.05) is 5.75 Å². The minimum atomic E-state index is -3.28. The van der Waals surface area contributed by atoms with Crippen molar-refractivity contribution in [2.45, 2.75) is 45.0 Å². The van der Waals surface area contributed by atoms with Gasteiger partial charge in [-0.05, 0) is 12.8 Å². The Hall–Kier alpha value is -0.260. The number of thioether (sulfide) groups is 1. The van der Waals surface area contributed by atoms with Crippen LogP contribution in [0.1, 0.15) is 32.6 Å². The predicted octanol–water partition coefficient (Wildman–Crippen LogP) is 3.73. The molecule has 0 fully saturated rings. The molecule has 0 radical (unpaired) electrons. The maximum Gasteiger partial charge on any atom is 0.253 e. The van der Waals surface area contributed by atoms with Crippen molar-refractivity contribution in [1.82, 2.24) is 0 Å². The zero-order valence-electron chi connectivity index (χ0n) is 8.44. The van der Waals surface area contributed by atoms with Gasteiger partial charge in [0.1, 0.15) is 0 Å². The highest BCUT2D eigenvalue weighted by Crippen LogP contribution is 2.28. The molecule has 0 rings (SSSR count). The second-order valence-corrected chi connectivity index (χ2v) is 4.52. The van der Waals surface area contributed by atoms with Crippen LogP contribution >= 0.6 is 11.8 Å². The van der Waals surface area contributed by atoms with E-state index in [1.165, 1.54) is 6.92 Å². The van der Waals surface area contributed by atoms with Crippen molar-refractivity contribution in [1.29, 1.82) is 0 Å². The van der Waals surface area contributed by atoms with Crippen molar-refractivity contribution in [3.63, 3.8) is 0 Å². The molecule has 6 heteroatoms. The molecule has 0 aliphatic carbocycles. The molecule has 90 valence electrons. The molecule has 0 spiro atoms. The molecule has 1 nitrogen and oxygen atoms in total. The van der Waals surface area contributed by atoms with Crippen LogP contribution in [0.2, 0.25) is 0 Å². The van der Waals surface area contributed by atoms with E-state index in [9.17, 15) is 22.4 Å². The highest BCUT2D eigenvalue weighted by Gasteiger charge is 2.32. The van der Waals surface area contributed by atoms with E-state index in [1.54, 1.807) is 0 Å². The van der Waals surface area contributed by atoms with Gasteiger partial charge in [0.25, 0.3) is 5.92 Å². The lowest BCUT2D eigenvalue weighted by atomic mass is 10.1. The van der Waals surface area contributed by atoms with Gasteiger partial charge in [0.2, 0.25) is 6.43 Å². The number of alkyl halides is 4. The zero-order chi connectivity index (χ0) is 11.9. The van der Waals surface area contributed by atoms with Crippen LogP contribution in [-0.4, -0.2) is 23.2 Å². The number of unbranched alkanes of at least 4 members (excludes halogenated alkanes) is 1. The third-order valence-electron chi connectivity index (χ3n) is 1.70. The number of hydrogen-bond acceptors (Lipinski definition) is 2. The van der Waals surface area contributed by atoms with Crippen LogP contribution in [0.4, 0.5) is 17.6 Å². The summed E-state index contributed by atoms with van der Waals surface area (Å²) in [6.45, 7) is 1.40. The summed E-state index contributed by atoms with van der Waals surface area (Å²) in [7, 11) is 0. The molecule has 0 unspecified atom stereocenters. The maximum absolute atomic E-state index is 12.7. The van der Waals surface area contributed by atoms with Crippen LogP contribution in [0.25, 0.3) is 0 Å². The van der Waals surface area contributed by atoms with Crippen molar-refractivity contribution in [3.8, 4) is 0 Å². The molecule has 0 atom stereocenters. The van der Waals surface area contributed by atoms with Crippen molar-refractivity contribution in [2.24, 2.45) is 0 Å². The summed E-state index contributed by atoms with van der Waals surface area (Å²) >= 11 is 1.06. The molecule has 0 aliphatic rings. The third kappa shape index (κ3) is 10.0. The number of carbonyl (C=O) groups excluding carboxylic acids is 1. The van der Waals surface area contributed by atoms with E-state index in [4.69, 9.17) is 0 Å². The fraction of sp³-hybridized carbons (Fsp3) is 0.889. The van der Waals surface area contributed by atoms with Gasteiger partial charge >= 0.3 is 0 Å². The first-order valence-electron chi connectivity index (χ1n) is 4.63. The molecule has 0 saturated carbocycles. The van der Waals surface area contributed by atoms with Crippen LogP contribution in [-0.2, 0) is 4.79 Å². The van der Waals surface area contributed by atoms with E-state index in [1.807, 2.05) is 0 Å². The standard InChI is InChI=1S/C9H14F4OS/c1-7(14)15-5-3-2-4-9(12,13)6-8(10)11/h8H,2-6H2,1H3. The van der Waals surface area contributed by atoms with Gasteiger partial charge in [-0.15, -0.1) is 0 Å². The number of carbonyl (C=O) groups is 1. The smallest absolute Gasteiger partial charge is 0.253 e. The van der Waals surface area contributed by atoms with Gasteiger partial charge in [-0.1, -0.05) is 11.8 Å². The number of halogens is 4. The number of hydrogen-bond donors (Lipinski definition) is 0. The van der Waals surface area contributed by atoms with Gasteiger partial charge in [-0.2, -0.15) is 0 Å². The molecular weight excluding hydrogens is 232 g/mol. The summed E-state index contributed by atoms with van der Waals surface area (Å²) in [6.07, 6.45) is -4.25. The van der Waals surface area contributed by atoms with Gasteiger partial charge in [0.05, 0.1) is 6.42 Å². The molecule has 0 aromatic carbocycles. The summed E-state index contributed by atoms with van der Waals surface area (Å²) in [4.78, 5) is 10.5. The molecule has 15 heavy (non-hydrogen) atoms. The lowest BCUT2D eigenvalue weighted by molar-refractivity contribution is -0.109. The average Bonchev–Trinajstić information content (AvgIpc) is 1.99. The highest BCUT2D eigenvalue weighted by molar-refractivity contribution is 8.13. The highest BCUT2D eigenvalue weighted by atomic mass is 32.2. The lowest BCUT2D eigenvalue weighted by Crippen LogP contribution is -2.19. The Balaban J connectivity index is 3.52. The van der Waals surface area contributed by atoms with Crippen molar-refractivity contribution < 1.29 is 22.4 Å². The first-order valence-corrected chi connectivity index (χ1v) is 5.61. The molecular formula is C9H14F4OS. The largest absolute Gasteiger partial charge is 0.288 e. The van der Waals surface area contributed by atoms with Crippen LogP contribution in [0.5, 0.6) is 0 Å². The zero-order valence-corrected chi connectivity index (χ0v) is 9.26. The predicted molar refractivity (Wildman–Crippen MR) is 52.6 cm³/mol. The minimum Gasteiger partial charge on any atom is -0.288 e. The molecule has 0 aliphatic heterocycles. The van der Waals surface area contributed by atoms with Gasteiger partial charge in [0.15, 0.2) is 5.12 Å². The first-order chi connectivity index (χ1) is 6.83. The van der Waals surface area contributed by atoms with Crippen molar-refractivity contribution >= 4 is 16.9 Å². The van der Waals surface area contributed by atoms with E-state index in [0.717, 1.165) is 11.8 Å². The molecule has 0 aromatic rings. The summed E-state index contributed by atoms with van der Waals surface area (Å²) in [5.41, 5.74) is 0. The first kappa shape index (κ1) is 14.7. The Bertz CT molecular complexity index is 197. The molecule has 0 aromatic heterocycles. The van der Waals surface area contributed by atoms with E-state index in [-0.39, 0.29) is 11.5 Å². The van der Waals surface area contributed by atoms with Gasteiger partial charge < -0.3 is 0 Å². The SMILES string of the molecule is CC(=O)SCCCCC(F)(F)CC(F)F. The van der Waals surface area contributed by atoms with Crippen LogP contribution in [0.3, 0.4) is 0 Å². The Labute approximate surface area is 90.6 Å². The Morgan fingerprint density at radius 3 is 2.40 bits per heavy atom. The Morgan fingerprint density at radius 1 is 1.33 bits per heavy atom. The molecule has 0 heterocycles. The number of rotatable bonds is 7. The normalized spacial score (nSPS) is 12.1. The fourth-order valence-electron chi connectivity index (χ4n) is 1.03. The second kappa shape index (κ2) is 7.09. The van der Waals surface area contributed by atoms with E-state index in [2.05, 4.69) is 0 Å². The van der Waals surface area contributed by atoms with Crippen LogP contribution in [0.15, 0.2) is 0 Å². The van der Waals surface area contributed by atoms with Gasteiger partial charge in [-0.25, -0.2) is 17.6 Å². The molecule has 0 N–H and O–H groups in total. The van der Waals surface area contributed by atoms with Crippen LogP contribution in [0, 0.1) is 0 Å².